The van der Waals surface area contributed by atoms with E-state index in [1.165, 1.54) is 0 Å². The van der Waals surface area contributed by atoms with Crippen molar-refractivity contribution in [3.05, 3.63) is 29.3 Å². The lowest BCUT2D eigenvalue weighted by Crippen LogP contribution is -2.47. The third-order valence-electron chi connectivity index (χ3n) is 3.58. The third kappa shape index (κ3) is 3.83. The third-order valence-corrected chi connectivity index (χ3v) is 5.10. The maximum Gasteiger partial charge on any atom is 0.240 e. The van der Waals surface area contributed by atoms with Crippen LogP contribution < -0.4 is 10.5 Å². The van der Waals surface area contributed by atoms with Crippen molar-refractivity contribution in [3.63, 3.8) is 0 Å². The number of methoxy groups -OCH3 is 1. The van der Waals surface area contributed by atoms with E-state index in [1.54, 1.807) is 25.3 Å². The lowest BCUT2D eigenvalue weighted by molar-refractivity contribution is 0.0236. The van der Waals surface area contributed by atoms with Gasteiger partial charge in [-0.15, -0.1) is 0 Å². The van der Waals surface area contributed by atoms with Gasteiger partial charge in [-0.3, -0.25) is 0 Å². The molecule has 6 heteroatoms. The Morgan fingerprint density at radius 3 is 2.71 bits per heavy atom. The summed E-state index contributed by atoms with van der Waals surface area (Å²) in [6.45, 7) is 2.12. The van der Waals surface area contributed by atoms with Gasteiger partial charge in [0.1, 0.15) is 0 Å². The first-order valence-corrected chi connectivity index (χ1v) is 8.29. The lowest BCUT2D eigenvalue weighted by Gasteiger charge is -2.34. The second-order valence-electron chi connectivity index (χ2n) is 5.13. The number of rotatable bonds is 4. The zero-order valence-corrected chi connectivity index (χ0v) is 13.0. The van der Waals surface area contributed by atoms with Crippen molar-refractivity contribution >= 4 is 10.0 Å². The number of sulfonamides is 1. The molecule has 1 aliphatic carbocycles. The zero-order valence-electron chi connectivity index (χ0n) is 12.2. The minimum Gasteiger partial charge on any atom is -0.381 e. The molecule has 1 saturated carbocycles. The van der Waals surface area contributed by atoms with Crippen molar-refractivity contribution in [1.82, 2.24) is 4.72 Å². The summed E-state index contributed by atoms with van der Waals surface area (Å²) in [5.74, 6) is 5.69. The molecule has 0 aromatic heterocycles. The Balaban J connectivity index is 2.12. The van der Waals surface area contributed by atoms with Crippen LogP contribution in [0.1, 0.15) is 24.0 Å². The van der Waals surface area contributed by atoms with E-state index in [0.29, 0.717) is 0 Å². The number of hydrogen-bond acceptors (Lipinski definition) is 4. The fourth-order valence-corrected chi connectivity index (χ4v) is 3.58. The minimum atomic E-state index is -3.49. The SMILES string of the molecule is COC1CC(NS(=O)(=O)c2ccc(C#CCN)c(C)c2)C1. The van der Waals surface area contributed by atoms with Crippen molar-refractivity contribution in [3.8, 4) is 11.8 Å². The molecule has 2 rings (SSSR count). The molecule has 0 bridgehead atoms. The summed E-state index contributed by atoms with van der Waals surface area (Å²) >= 11 is 0. The molecule has 0 heterocycles. The molecule has 1 aliphatic rings. The van der Waals surface area contributed by atoms with Gasteiger partial charge in [-0.1, -0.05) is 11.8 Å². The maximum atomic E-state index is 12.3. The number of ether oxygens (including phenoxy) is 1. The van der Waals surface area contributed by atoms with E-state index in [-0.39, 0.29) is 23.6 Å². The first-order valence-electron chi connectivity index (χ1n) is 6.81. The van der Waals surface area contributed by atoms with Crippen molar-refractivity contribution in [2.45, 2.75) is 36.8 Å². The Kier molecular flexibility index (Phi) is 5.01. The zero-order chi connectivity index (χ0) is 15.5. The molecule has 21 heavy (non-hydrogen) atoms. The van der Waals surface area contributed by atoms with Gasteiger partial charge in [0.25, 0.3) is 0 Å². The summed E-state index contributed by atoms with van der Waals surface area (Å²) in [5, 5.41) is 0. The van der Waals surface area contributed by atoms with Crippen LogP contribution in [0.2, 0.25) is 0 Å². The standard InChI is InChI=1S/C15H20N2O3S/c1-11-8-15(6-5-12(11)4-3-7-16)21(18,19)17-13-9-14(10-13)20-2/h5-6,8,13-14,17H,7,9-10,16H2,1-2H3. The summed E-state index contributed by atoms with van der Waals surface area (Å²) in [6.07, 6.45) is 1.59. The fourth-order valence-electron chi connectivity index (χ4n) is 2.23. The van der Waals surface area contributed by atoms with E-state index in [9.17, 15) is 8.42 Å². The Bertz CT molecular complexity index is 668. The highest BCUT2D eigenvalue weighted by atomic mass is 32.2. The van der Waals surface area contributed by atoms with Gasteiger partial charge < -0.3 is 10.5 Å². The van der Waals surface area contributed by atoms with E-state index in [2.05, 4.69) is 16.6 Å². The fraction of sp³-hybridized carbons (Fsp3) is 0.467. The molecule has 0 aliphatic heterocycles. The van der Waals surface area contributed by atoms with Crippen LogP contribution in [0.3, 0.4) is 0 Å². The smallest absolute Gasteiger partial charge is 0.240 e. The number of nitrogens with two attached hydrogens (primary N) is 1. The van der Waals surface area contributed by atoms with E-state index in [0.717, 1.165) is 24.0 Å². The molecular formula is C15H20N2O3S. The van der Waals surface area contributed by atoms with Crippen LogP contribution in [-0.2, 0) is 14.8 Å². The van der Waals surface area contributed by atoms with Gasteiger partial charge in [0.2, 0.25) is 10.0 Å². The molecule has 3 N–H and O–H groups in total. The predicted molar refractivity (Wildman–Crippen MR) is 81.3 cm³/mol. The molecule has 0 spiro atoms. The lowest BCUT2D eigenvalue weighted by atomic mass is 9.90. The first-order chi connectivity index (χ1) is 9.96. The Morgan fingerprint density at radius 2 is 2.14 bits per heavy atom. The van der Waals surface area contributed by atoms with Gasteiger partial charge >= 0.3 is 0 Å². The monoisotopic (exact) mass is 308 g/mol. The maximum absolute atomic E-state index is 12.3. The molecular weight excluding hydrogens is 288 g/mol. The Morgan fingerprint density at radius 1 is 1.43 bits per heavy atom. The van der Waals surface area contributed by atoms with Gasteiger partial charge in [-0.05, 0) is 43.5 Å². The largest absolute Gasteiger partial charge is 0.381 e. The molecule has 5 nitrogen and oxygen atoms in total. The first kappa shape index (κ1) is 16.0. The van der Waals surface area contributed by atoms with Crippen LogP contribution in [0, 0.1) is 18.8 Å². The topological polar surface area (TPSA) is 81.4 Å². The molecule has 1 aromatic carbocycles. The van der Waals surface area contributed by atoms with Crippen molar-refractivity contribution < 1.29 is 13.2 Å². The normalized spacial score (nSPS) is 21.3. The second-order valence-corrected chi connectivity index (χ2v) is 6.84. The van der Waals surface area contributed by atoms with Crippen LogP contribution in [0.4, 0.5) is 0 Å². The highest BCUT2D eigenvalue weighted by Crippen LogP contribution is 2.25. The van der Waals surface area contributed by atoms with Gasteiger partial charge in [-0.25, -0.2) is 13.1 Å². The molecule has 1 aromatic rings. The molecule has 0 saturated heterocycles. The van der Waals surface area contributed by atoms with Crippen molar-refractivity contribution in [2.24, 2.45) is 5.73 Å². The average molecular weight is 308 g/mol. The highest BCUT2D eigenvalue weighted by molar-refractivity contribution is 7.89. The quantitative estimate of drug-likeness (QED) is 0.805. The number of hydrogen-bond donors (Lipinski definition) is 2. The minimum absolute atomic E-state index is 0.0445. The van der Waals surface area contributed by atoms with E-state index in [4.69, 9.17) is 10.5 Å². The van der Waals surface area contributed by atoms with Crippen LogP contribution in [0.5, 0.6) is 0 Å². The van der Waals surface area contributed by atoms with E-state index >= 15 is 0 Å². The Hall–Kier alpha value is -1.39. The molecule has 0 atom stereocenters. The average Bonchev–Trinajstić information content (AvgIpc) is 2.41. The second kappa shape index (κ2) is 6.58. The molecule has 0 unspecified atom stereocenters. The van der Waals surface area contributed by atoms with Gasteiger partial charge in [-0.2, -0.15) is 0 Å². The van der Waals surface area contributed by atoms with Crippen molar-refractivity contribution in [2.75, 3.05) is 13.7 Å². The van der Waals surface area contributed by atoms with Gasteiger partial charge in [0.15, 0.2) is 0 Å². The number of nitrogens with one attached hydrogen (secondary N) is 1. The summed E-state index contributed by atoms with van der Waals surface area (Å²) in [5.41, 5.74) is 6.95. The number of aryl methyl sites for hydroxylation is 1. The van der Waals surface area contributed by atoms with Gasteiger partial charge in [0, 0.05) is 18.7 Å². The molecule has 0 amide bonds. The Labute approximate surface area is 125 Å². The summed E-state index contributed by atoms with van der Waals surface area (Å²) in [4.78, 5) is 0.263. The number of benzene rings is 1. The summed E-state index contributed by atoms with van der Waals surface area (Å²) in [6, 6.07) is 4.88. The molecule has 0 radical (unpaired) electrons. The summed E-state index contributed by atoms with van der Waals surface area (Å²) in [7, 11) is -1.85. The van der Waals surface area contributed by atoms with Crippen LogP contribution in [0.25, 0.3) is 0 Å². The highest BCUT2D eigenvalue weighted by Gasteiger charge is 2.32. The van der Waals surface area contributed by atoms with E-state index in [1.807, 2.05) is 6.92 Å². The predicted octanol–water partition coefficient (Wildman–Crippen LogP) is 0.761. The van der Waals surface area contributed by atoms with Crippen LogP contribution >= 0.6 is 0 Å². The molecule has 114 valence electrons. The summed E-state index contributed by atoms with van der Waals surface area (Å²) < 4.78 is 32.4. The van der Waals surface area contributed by atoms with Crippen molar-refractivity contribution in [1.29, 1.82) is 0 Å². The molecule has 1 fully saturated rings. The van der Waals surface area contributed by atoms with Gasteiger partial charge in [0.05, 0.1) is 17.5 Å². The van der Waals surface area contributed by atoms with Crippen LogP contribution in [0.15, 0.2) is 23.1 Å². The van der Waals surface area contributed by atoms with E-state index < -0.39 is 10.0 Å². The van der Waals surface area contributed by atoms with Crippen LogP contribution in [-0.4, -0.2) is 34.2 Å².